The maximum absolute atomic E-state index is 12.6. The highest BCUT2D eigenvalue weighted by atomic mass is 32.1. The van der Waals surface area contributed by atoms with E-state index < -0.39 is 24.3 Å². The molecule has 2 amide bonds. The standard InChI is InChI=1S/C25H26N2O4S/c28-24(30-17-21-12-7-13-32-21)27-22(15-19-10-5-2-6-11-19)23-16-20(26-25(29)31-23)14-18-8-3-1-4-9-18/h1-13,20,22-23H,14-17H2,(H,26,29)(H,27,28). The number of nitrogens with one attached hydrogen (secondary N) is 2. The number of thiophene rings is 1. The summed E-state index contributed by atoms with van der Waals surface area (Å²) in [5.41, 5.74) is 2.19. The molecule has 1 aromatic heterocycles. The molecule has 0 bridgehead atoms. The van der Waals surface area contributed by atoms with Crippen LogP contribution in [0.2, 0.25) is 0 Å². The van der Waals surface area contributed by atoms with Gasteiger partial charge in [-0.2, -0.15) is 0 Å². The van der Waals surface area contributed by atoms with Crippen molar-refractivity contribution in [3.63, 3.8) is 0 Å². The van der Waals surface area contributed by atoms with Crippen molar-refractivity contribution in [2.75, 3.05) is 0 Å². The maximum Gasteiger partial charge on any atom is 0.407 e. The molecule has 2 aromatic carbocycles. The van der Waals surface area contributed by atoms with Gasteiger partial charge in [0.15, 0.2) is 0 Å². The van der Waals surface area contributed by atoms with Gasteiger partial charge in [0.1, 0.15) is 12.7 Å². The van der Waals surface area contributed by atoms with E-state index >= 15 is 0 Å². The molecule has 3 atom stereocenters. The van der Waals surface area contributed by atoms with Crippen molar-refractivity contribution in [2.45, 2.75) is 44.1 Å². The third-order valence-electron chi connectivity index (χ3n) is 5.40. The van der Waals surface area contributed by atoms with E-state index in [0.29, 0.717) is 19.3 Å². The first kappa shape index (κ1) is 21.9. The van der Waals surface area contributed by atoms with Crippen LogP contribution in [0.3, 0.4) is 0 Å². The van der Waals surface area contributed by atoms with Gasteiger partial charge in [-0.25, -0.2) is 9.59 Å². The second kappa shape index (κ2) is 10.8. The number of amides is 2. The summed E-state index contributed by atoms with van der Waals surface area (Å²) in [5.74, 6) is 0. The summed E-state index contributed by atoms with van der Waals surface area (Å²) in [6.07, 6.45) is 0.371. The molecule has 166 valence electrons. The lowest BCUT2D eigenvalue weighted by atomic mass is 9.93. The van der Waals surface area contributed by atoms with Crippen LogP contribution in [-0.2, 0) is 28.9 Å². The molecule has 32 heavy (non-hydrogen) atoms. The van der Waals surface area contributed by atoms with Gasteiger partial charge in [0.2, 0.25) is 0 Å². The summed E-state index contributed by atoms with van der Waals surface area (Å²) in [6.45, 7) is 0.212. The molecule has 4 rings (SSSR count). The highest BCUT2D eigenvalue weighted by Gasteiger charge is 2.35. The van der Waals surface area contributed by atoms with Crippen LogP contribution >= 0.6 is 11.3 Å². The summed E-state index contributed by atoms with van der Waals surface area (Å²) >= 11 is 1.53. The first-order chi connectivity index (χ1) is 15.7. The molecule has 1 saturated heterocycles. The first-order valence-electron chi connectivity index (χ1n) is 10.7. The Morgan fingerprint density at radius 3 is 2.47 bits per heavy atom. The Hall–Kier alpha value is -3.32. The molecule has 0 aliphatic carbocycles. The lowest BCUT2D eigenvalue weighted by Gasteiger charge is -2.35. The molecule has 6 nitrogen and oxygen atoms in total. The van der Waals surface area contributed by atoms with Crippen LogP contribution in [0.1, 0.15) is 22.4 Å². The van der Waals surface area contributed by atoms with Gasteiger partial charge in [-0.3, -0.25) is 0 Å². The Labute approximate surface area is 191 Å². The zero-order valence-electron chi connectivity index (χ0n) is 17.6. The summed E-state index contributed by atoms with van der Waals surface area (Å²) in [6, 6.07) is 23.2. The smallest absolute Gasteiger partial charge is 0.407 e. The van der Waals surface area contributed by atoms with Crippen LogP contribution in [0.25, 0.3) is 0 Å². The Bertz CT molecular complexity index is 995. The number of rotatable bonds is 8. The minimum atomic E-state index is -0.520. The number of alkyl carbamates (subject to hydrolysis) is 2. The summed E-state index contributed by atoms with van der Waals surface area (Å²) in [5, 5.41) is 7.79. The number of cyclic esters (lactones) is 1. The zero-order valence-corrected chi connectivity index (χ0v) is 18.4. The molecule has 0 spiro atoms. The molecule has 0 radical (unpaired) electrons. The minimum absolute atomic E-state index is 0.0779. The van der Waals surface area contributed by atoms with Crippen molar-refractivity contribution in [3.05, 3.63) is 94.2 Å². The van der Waals surface area contributed by atoms with Gasteiger partial charge in [0.05, 0.1) is 6.04 Å². The van der Waals surface area contributed by atoms with Crippen molar-refractivity contribution in [1.29, 1.82) is 0 Å². The van der Waals surface area contributed by atoms with Gasteiger partial charge in [-0.05, 0) is 35.4 Å². The van der Waals surface area contributed by atoms with E-state index in [0.717, 1.165) is 16.0 Å². The molecule has 1 aliphatic heterocycles. The van der Waals surface area contributed by atoms with Crippen LogP contribution < -0.4 is 10.6 Å². The Morgan fingerprint density at radius 1 is 1.06 bits per heavy atom. The maximum atomic E-state index is 12.6. The second-order valence-corrected chi connectivity index (χ2v) is 8.84. The fourth-order valence-corrected chi connectivity index (χ4v) is 4.49. The van der Waals surface area contributed by atoms with Gasteiger partial charge < -0.3 is 20.1 Å². The van der Waals surface area contributed by atoms with E-state index in [1.54, 1.807) is 0 Å². The molecular weight excluding hydrogens is 424 g/mol. The predicted molar refractivity (Wildman–Crippen MR) is 124 cm³/mol. The lowest BCUT2D eigenvalue weighted by molar-refractivity contribution is 0.0342. The molecular formula is C25H26N2O4S. The minimum Gasteiger partial charge on any atom is -0.444 e. The van der Waals surface area contributed by atoms with Crippen molar-refractivity contribution in [2.24, 2.45) is 0 Å². The van der Waals surface area contributed by atoms with Crippen LogP contribution in [0.15, 0.2) is 78.2 Å². The van der Waals surface area contributed by atoms with Crippen molar-refractivity contribution < 1.29 is 19.1 Å². The topological polar surface area (TPSA) is 76.7 Å². The predicted octanol–water partition coefficient (Wildman–Crippen LogP) is 4.70. The highest BCUT2D eigenvalue weighted by Crippen LogP contribution is 2.20. The fourth-order valence-electron chi connectivity index (χ4n) is 3.87. The van der Waals surface area contributed by atoms with Crippen LogP contribution in [0.4, 0.5) is 9.59 Å². The molecule has 3 unspecified atom stereocenters. The quantitative estimate of drug-likeness (QED) is 0.522. The Balaban J connectivity index is 1.44. The SMILES string of the molecule is O=C(NC(Cc1ccccc1)C1CC(Cc2ccccc2)NC(=O)O1)OCc1cccs1. The third-order valence-corrected chi connectivity index (χ3v) is 6.25. The number of benzene rings is 2. The van der Waals surface area contributed by atoms with E-state index in [1.807, 2.05) is 78.2 Å². The van der Waals surface area contributed by atoms with Crippen LogP contribution in [0, 0.1) is 0 Å². The van der Waals surface area contributed by atoms with Crippen LogP contribution in [0.5, 0.6) is 0 Å². The molecule has 7 heteroatoms. The van der Waals surface area contributed by atoms with E-state index in [4.69, 9.17) is 9.47 Å². The zero-order chi connectivity index (χ0) is 22.2. The average molecular weight is 451 g/mol. The van der Waals surface area contributed by atoms with E-state index in [2.05, 4.69) is 10.6 Å². The van der Waals surface area contributed by atoms with Gasteiger partial charge in [0, 0.05) is 17.3 Å². The largest absolute Gasteiger partial charge is 0.444 e. The van der Waals surface area contributed by atoms with E-state index in [9.17, 15) is 9.59 Å². The van der Waals surface area contributed by atoms with Gasteiger partial charge in [-0.15, -0.1) is 11.3 Å². The van der Waals surface area contributed by atoms with Crippen molar-refractivity contribution >= 4 is 23.5 Å². The third kappa shape index (κ3) is 6.34. The van der Waals surface area contributed by atoms with E-state index in [1.165, 1.54) is 11.3 Å². The summed E-state index contributed by atoms with van der Waals surface area (Å²) < 4.78 is 11.0. The van der Waals surface area contributed by atoms with Gasteiger partial charge in [0.25, 0.3) is 0 Å². The van der Waals surface area contributed by atoms with Crippen molar-refractivity contribution in [3.8, 4) is 0 Å². The number of ether oxygens (including phenoxy) is 2. The number of carbonyl (C=O) groups is 2. The Morgan fingerprint density at radius 2 is 1.78 bits per heavy atom. The lowest BCUT2D eigenvalue weighted by Crippen LogP contribution is -2.55. The fraction of sp³-hybridized carbons (Fsp3) is 0.280. The summed E-state index contributed by atoms with van der Waals surface area (Å²) in [4.78, 5) is 25.8. The molecule has 2 N–H and O–H groups in total. The van der Waals surface area contributed by atoms with Crippen molar-refractivity contribution in [1.82, 2.24) is 10.6 Å². The molecule has 0 saturated carbocycles. The number of hydrogen-bond acceptors (Lipinski definition) is 5. The Kier molecular flexibility index (Phi) is 7.40. The molecule has 1 fully saturated rings. The summed E-state index contributed by atoms with van der Waals surface area (Å²) in [7, 11) is 0. The normalized spacial score (nSPS) is 18.8. The van der Waals surface area contributed by atoms with Gasteiger partial charge in [-0.1, -0.05) is 66.7 Å². The average Bonchev–Trinajstić information content (AvgIpc) is 3.32. The number of carbonyl (C=O) groups excluding carboxylic acids is 2. The monoisotopic (exact) mass is 450 g/mol. The van der Waals surface area contributed by atoms with Crippen LogP contribution in [-0.4, -0.2) is 30.4 Å². The first-order valence-corrected chi connectivity index (χ1v) is 11.5. The highest BCUT2D eigenvalue weighted by molar-refractivity contribution is 7.09. The van der Waals surface area contributed by atoms with E-state index in [-0.39, 0.29) is 12.6 Å². The molecule has 3 aromatic rings. The van der Waals surface area contributed by atoms with Gasteiger partial charge >= 0.3 is 12.2 Å². The number of hydrogen-bond donors (Lipinski definition) is 2. The molecule has 2 heterocycles. The molecule has 1 aliphatic rings. The second-order valence-electron chi connectivity index (χ2n) is 7.81.